The Labute approximate surface area is 71.0 Å². The quantitative estimate of drug-likeness (QED) is 0.549. The van der Waals surface area contributed by atoms with E-state index in [0.717, 1.165) is 0 Å². The van der Waals surface area contributed by atoms with E-state index in [0.29, 0.717) is 6.54 Å². The lowest BCUT2D eigenvalue weighted by Crippen LogP contribution is -2.26. The van der Waals surface area contributed by atoms with E-state index in [1.807, 2.05) is 13.8 Å². The second-order valence-electron chi connectivity index (χ2n) is 3.96. The first-order valence-corrected chi connectivity index (χ1v) is 4.04. The van der Waals surface area contributed by atoms with Gasteiger partial charge in [0.25, 0.3) is 0 Å². The van der Waals surface area contributed by atoms with Crippen molar-refractivity contribution in [3.8, 4) is 0 Å². The molecule has 1 fully saturated rings. The van der Waals surface area contributed by atoms with E-state index in [2.05, 4.69) is 10.2 Å². The van der Waals surface area contributed by atoms with Crippen LogP contribution in [0, 0.1) is 11.3 Å². The Morgan fingerprint density at radius 3 is 2.67 bits per heavy atom. The van der Waals surface area contributed by atoms with Gasteiger partial charge in [-0.05, 0) is 0 Å². The van der Waals surface area contributed by atoms with Crippen LogP contribution >= 0.6 is 0 Å². The molecule has 0 bridgehead atoms. The van der Waals surface area contributed by atoms with E-state index < -0.39 is 5.54 Å². The molecule has 0 aromatic carbocycles. The molecule has 0 radical (unpaired) electrons. The number of methoxy groups -OCH3 is 1. The fraction of sp³-hybridized carbons (Fsp3) is 0.875. The van der Waals surface area contributed by atoms with Crippen LogP contribution in [-0.4, -0.2) is 25.2 Å². The van der Waals surface area contributed by atoms with Crippen molar-refractivity contribution in [3.05, 3.63) is 0 Å². The summed E-state index contributed by atoms with van der Waals surface area (Å²) in [6.45, 7) is 4.74. The van der Waals surface area contributed by atoms with Crippen molar-refractivity contribution >= 4 is 5.97 Å². The summed E-state index contributed by atoms with van der Waals surface area (Å²) in [4.78, 5) is 11.4. The summed E-state index contributed by atoms with van der Waals surface area (Å²) < 4.78 is 4.72. The van der Waals surface area contributed by atoms with Gasteiger partial charge in [-0.25, -0.2) is 4.79 Å². The van der Waals surface area contributed by atoms with Gasteiger partial charge in [0.2, 0.25) is 0 Å². The first kappa shape index (κ1) is 7.71. The van der Waals surface area contributed by atoms with Gasteiger partial charge in [0.15, 0.2) is 5.54 Å². The fourth-order valence-electron chi connectivity index (χ4n) is 2.24. The van der Waals surface area contributed by atoms with E-state index >= 15 is 0 Å². The second-order valence-corrected chi connectivity index (χ2v) is 3.96. The van der Waals surface area contributed by atoms with Gasteiger partial charge in [-0.1, -0.05) is 13.8 Å². The average molecular weight is 168 g/mol. The zero-order valence-electron chi connectivity index (χ0n) is 7.50. The zero-order chi connectivity index (χ0) is 8.98. The number of ether oxygens (including phenoxy) is 1. The molecule has 1 heterocycles. The molecule has 0 aromatic heterocycles. The van der Waals surface area contributed by atoms with Crippen LogP contribution in [0.15, 0.2) is 10.2 Å². The van der Waals surface area contributed by atoms with Crippen LogP contribution in [0.5, 0.6) is 0 Å². The number of esters is 1. The second kappa shape index (κ2) is 1.87. The lowest BCUT2D eigenvalue weighted by atomic mass is 10.1. The topological polar surface area (TPSA) is 51.0 Å². The van der Waals surface area contributed by atoms with Crippen LogP contribution in [0.25, 0.3) is 0 Å². The molecule has 2 aliphatic rings. The number of hydrogen-bond acceptors (Lipinski definition) is 4. The number of rotatable bonds is 1. The third-order valence-electron chi connectivity index (χ3n) is 3.26. The highest BCUT2D eigenvalue weighted by molar-refractivity contribution is 5.88. The van der Waals surface area contributed by atoms with Crippen molar-refractivity contribution in [3.63, 3.8) is 0 Å². The lowest BCUT2D eigenvalue weighted by Gasteiger charge is -2.10. The molecule has 1 aliphatic heterocycles. The van der Waals surface area contributed by atoms with E-state index in [4.69, 9.17) is 4.74 Å². The average Bonchev–Trinajstić information content (AvgIpc) is 2.48. The minimum absolute atomic E-state index is 0.0537. The number of carbonyl (C=O) groups is 1. The molecule has 2 unspecified atom stereocenters. The lowest BCUT2D eigenvalue weighted by molar-refractivity contribution is -0.144. The van der Waals surface area contributed by atoms with E-state index in [1.165, 1.54) is 7.11 Å². The van der Waals surface area contributed by atoms with Crippen molar-refractivity contribution in [2.24, 2.45) is 21.6 Å². The Kier molecular flexibility index (Phi) is 1.20. The molecule has 66 valence electrons. The molecule has 0 aromatic rings. The van der Waals surface area contributed by atoms with Crippen molar-refractivity contribution in [2.75, 3.05) is 13.7 Å². The molecular formula is C8H12N2O2. The molecule has 0 spiro atoms. The minimum Gasteiger partial charge on any atom is -0.467 e. The predicted molar refractivity (Wildman–Crippen MR) is 41.7 cm³/mol. The molecule has 0 amide bonds. The minimum atomic E-state index is -0.637. The Morgan fingerprint density at radius 1 is 1.58 bits per heavy atom. The normalized spacial score (nSPS) is 40.8. The largest absolute Gasteiger partial charge is 0.467 e. The molecule has 4 nitrogen and oxygen atoms in total. The monoisotopic (exact) mass is 168 g/mol. The highest BCUT2D eigenvalue weighted by Crippen LogP contribution is 2.67. The summed E-state index contributed by atoms with van der Waals surface area (Å²) in [7, 11) is 1.40. The van der Waals surface area contributed by atoms with E-state index in [1.54, 1.807) is 0 Å². The van der Waals surface area contributed by atoms with Crippen LogP contribution in [0.2, 0.25) is 0 Å². The van der Waals surface area contributed by atoms with Crippen molar-refractivity contribution in [2.45, 2.75) is 19.4 Å². The van der Waals surface area contributed by atoms with E-state index in [-0.39, 0.29) is 17.3 Å². The molecule has 12 heavy (non-hydrogen) atoms. The number of nitrogens with zero attached hydrogens (tertiary/aromatic N) is 2. The molecule has 1 saturated carbocycles. The summed E-state index contributed by atoms with van der Waals surface area (Å²) >= 11 is 0. The third kappa shape index (κ3) is 0.540. The van der Waals surface area contributed by atoms with Gasteiger partial charge in [-0.2, -0.15) is 10.2 Å². The summed E-state index contributed by atoms with van der Waals surface area (Å²) in [5.74, 6) is 0.0243. The molecule has 2 atom stereocenters. The van der Waals surface area contributed by atoms with Gasteiger partial charge < -0.3 is 4.74 Å². The summed E-state index contributed by atoms with van der Waals surface area (Å²) in [6, 6.07) is 0. The van der Waals surface area contributed by atoms with Crippen molar-refractivity contribution in [1.82, 2.24) is 0 Å². The number of azo groups is 1. The first-order chi connectivity index (χ1) is 5.57. The van der Waals surface area contributed by atoms with Crippen LogP contribution in [-0.2, 0) is 9.53 Å². The van der Waals surface area contributed by atoms with Gasteiger partial charge >= 0.3 is 5.97 Å². The van der Waals surface area contributed by atoms with Crippen molar-refractivity contribution < 1.29 is 9.53 Å². The van der Waals surface area contributed by atoms with Crippen LogP contribution < -0.4 is 0 Å². The number of hydrogen-bond donors (Lipinski definition) is 0. The number of carbonyl (C=O) groups excluding carboxylic acids is 1. The molecule has 4 heteroatoms. The smallest absolute Gasteiger partial charge is 0.336 e. The Balaban J connectivity index is 2.34. The predicted octanol–water partition coefficient (Wildman–Crippen LogP) is 1.02. The first-order valence-electron chi connectivity index (χ1n) is 4.04. The highest BCUT2D eigenvalue weighted by atomic mass is 16.5. The Morgan fingerprint density at radius 2 is 2.25 bits per heavy atom. The highest BCUT2D eigenvalue weighted by Gasteiger charge is 2.79. The van der Waals surface area contributed by atoms with Gasteiger partial charge in [0.05, 0.1) is 13.7 Å². The van der Waals surface area contributed by atoms with Crippen LogP contribution in [0.1, 0.15) is 13.8 Å². The van der Waals surface area contributed by atoms with Crippen molar-refractivity contribution in [1.29, 1.82) is 0 Å². The van der Waals surface area contributed by atoms with Gasteiger partial charge in [-0.15, -0.1) is 0 Å². The zero-order valence-corrected chi connectivity index (χ0v) is 7.50. The Hall–Kier alpha value is -0.930. The van der Waals surface area contributed by atoms with Crippen LogP contribution in [0.3, 0.4) is 0 Å². The van der Waals surface area contributed by atoms with Crippen LogP contribution in [0.4, 0.5) is 0 Å². The molecule has 0 N–H and O–H groups in total. The molecular weight excluding hydrogens is 156 g/mol. The van der Waals surface area contributed by atoms with Gasteiger partial charge in [-0.3, -0.25) is 0 Å². The summed E-state index contributed by atoms with van der Waals surface area (Å²) in [5.41, 5.74) is -0.691. The Bertz CT molecular complexity index is 272. The molecule has 0 saturated heterocycles. The van der Waals surface area contributed by atoms with Gasteiger partial charge in [0, 0.05) is 11.3 Å². The summed E-state index contributed by atoms with van der Waals surface area (Å²) in [5, 5.41) is 7.89. The maximum absolute atomic E-state index is 11.4. The maximum Gasteiger partial charge on any atom is 0.336 e. The molecule has 1 aliphatic carbocycles. The van der Waals surface area contributed by atoms with Gasteiger partial charge in [0.1, 0.15) is 0 Å². The summed E-state index contributed by atoms with van der Waals surface area (Å²) in [6.07, 6.45) is 0. The SMILES string of the molecule is COC(=O)C12N=NCC1C2(C)C. The molecule has 2 rings (SSSR count). The fourth-order valence-corrected chi connectivity index (χ4v) is 2.24. The maximum atomic E-state index is 11.4. The standard InChI is InChI=1S/C8H12N2O2/c1-7(2)5-4-9-10-8(5,7)6(11)12-3/h5H,4H2,1-3H3. The third-order valence-corrected chi connectivity index (χ3v) is 3.26. The number of fused-ring (bicyclic) bond motifs is 1. The van der Waals surface area contributed by atoms with E-state index in [9.17, 15) is 4.79 Å².